The van der Waals surface area contributed by atoms with E-state index in [1.165, 1.54) is 6.08 Å². The van der Waals surface area contributed by atoms with E-state index >= 15 is 0 Å². The standard InChI is InChI=1S/C4H4ClN/c5-3-1-2-4-6/h1-2H,3H2/b2-1-. The van der Waals surface area contributed by atoms with Gasteiger partial charge in [0.1, 0.15) is 0 Å². The molecule has 1 nitrogen and oxygen atoms in total. The van der Waals surface area contributed by atoms with Gasteiger partial charge in [-0.05, 0) is 0 Å². The van der Waals surface area contributed by atoms with Crippen LogP contribution in [0, 0.1) is 11.3 Å². The normalized spacial score (nSPS) is 8.67. The molecule has 0 aromatic heterocycles. The summed E-state index contributed by atoms with van der Waals surface area (Å²) >= 11 is 5.14. The number of hydrogen-bond donors (Lipinski definition) is 0. The summed E-state index contributed by atoms with van der Waals surface area (Å²) in [6.45, 7) is 0. The third-order valence-electron chi connectivity index (χ3n) is 0.281. The lowest BCUT2D eigenvalue weighted by atomic mass is 10.6. The summed E-state index contributed by atoms with van der Waals surface area (Å²) in [6.07, 6.45) is 2.94. The van der Waals surface area contributed by atoms with Crippen LogP contribution in [-0.4, -0.2) is 5.88 Å². The third-order valence-corrected chi connectivity index (χ3v) is 0.460. The van der Waals surface area contributed by atoms with Gasteiger partial charge in [0, 0.05) is 12.0 Å². The fourth-order valence-corrected chi connectivity index (χ4v) is 0.186. The van der Waals surface area contributed by atoms with E-state index in [4.69, 9.17) is 16.9 Å². The molecule has 0 N–H and O–H groups in total. The maximum atomic E-state index is 7.80. The van der Waals surface area contributed by atoms with Crippen molar-refractivity contribution in [2.24, 2.45) is 0 Å². The molecule has 0 aromatic carbocycles. The van der Waals surface area contributed by atoms with Crippen molar-refractivity contribution < 1.29 is 0 Å². The van der Waals surface area contributed by atoms with Crippen LogP contribution in [0.5, 0.6) is 0 Å². The van der Waals surface area contributed by atoms with Gasteiger partial charge in [0.05, 0.1) is 6.07 Å². The zero-order valence-corrected chi connectivity index (χ0v) is 3.94. The van der Waals surface area contributed by atoms with Crippen molar-refractivity contribution in [2.75, 3.05) is 5.88 Å². The Balaban J connectivity index is 3.02. The molecule has 0 bridgehead atoms. The Kier molecular flexibility index (Phi) is 4.16. The highest BCUT2D eigenvalue weighted by molar-refractivity contribution is 6.18. The Hall–Kier alpha value is -0.480. The van der Waals surface area contributed by atoms with Gasteiger partial charge >= 0.3 is 0 Å². The molecular weight excluding hydrogens is 97.5 g/mol. The predicted octanol–water partition coefficient (Wildman–Crippen LogP) is 1.30. The molecule has 0 radical (unpaired) electrons. The van der Waals surface area contributed by atoms with Crippen molar-refractivity contribution in [3.63, 3.8) is 0 Å². The van der Waals surface area contributed by atoms with Crippen molar-refractivity contribution in [1.82, 2.24) is 0 Å². The molecule has 0 atom stereocenters. The largest absolute Gasteiger partial charge is 0.193 e. The van der Waals surface area contributed by atoms with Gasteiger partial charge in [0.2, 0.25) is 0 Å². The molecule has 0 fully saturated rings. The molecule has 0 spiro atoms. The maximum Gasteiger partial charge on any atom is 0.0909 e. The van der Waals surface area contributed by atoms with Crippen molar-refractivity contribution in [3.8, 4) is 6.07 Å². The highest BCUT2D eigenvalue weighted by Gasteiger charge is 1.59. The van der Waals surface area contributed by atoms with Crippen LogP contribution in [0.15, 0.2) is 12.2 Å². The third kappa shape index (κ3) is 3.52. The average molecular weight is 102 g/mol. The second-order valence-corrected chi connectivity index (χ2v) is 0.994. The number of alkyl halides is 1. The van der Waals surface area contributed by atoms with Crippen molar-refractivity contribution in [1.29, 1.82) is 5.26 Å². The van der Waals surface area contributed by atoms with Crippen LogP contribution in [0.1, 0.15) is 0 Å². The molecule has 0 rings (SSSR count). The van der Waals surface area contributed by atoms with Crippen molar-refractivity contribution >= 4 is 11.6 Å². The number of nitriles is 1. The summed E-state index contributed by atoms with van der Waals surface area (Å²) in [7, 11) is 0. The maximum absolute atomic E-state index is 7.80. The van der Waals surface area contributed by atoms with E-state index in [1.807, 2.05) is 0 Å². The number of allylic oxidation sites excluding steroid dienone is 2. The van der Waals surface area contributed by atoms with E-state index in [0.717, 1.165) is 0 Å². The van der Waals surface area contributed by atoms with Crippen LogP contribution >= 0.6 is 11.6 Å². The Morgan fingerprint density at radius 3 is 2.67 bits per heavy atom. The first kappa shape index (κ1) is 5.52. The zero-order valence-electron chi connectivity index (χ0n) is 3.19. The predicted molar refractivity (Wildman–Crippen MR) is 25.5 cm³/mol. The van der Waals surface area contributed by atoms with Gasteiger partial charge in [-0.15, -0.1) is 11.6 Å². The molecule has 0 aromatic rings. The van der Waals surface area contributed by atoms with Crippen LogP contribution in [-0.2, 0) is 0 Å². The molecule has 2 heteroatoms. The molecule has 0 aliphatic carbocycles. The summed E-state index contributed by atoms with van der Waals surface area (Å²) in [6, 6.07) is 1.80. The van der Waals surface area contributed by atoms with Crippen molar-refractivity contribution in [3.05, 3.63) is 12.2 Å². The second kappa shape index (κ2) is 4.52. The average Bonchev–Trinajstić information content (AvgIpc) is 1.61. The summed E-state index contributed by atoms with van der Waals surface area (Å²) < 4.78 is 0. The van der Waals surface area contributed by atoms with E-state index in [2.05, 4.69) is 0 Å². The van der Waals surface area contributed by atoms with E-state index in [0.29, 0.717) is 5.88 Å². The van der Waals surface area contributed by atoms with Crippen LogP contribution < -0.4 is 0 Å². The minimum Gasteiger partial charge on any atom is -0.193 e. The Bertz CT molecular complexity index is 80.0. The van der Waals surface area contributed by atoms with Gasteiger partial charge < -0.3 is 0 Å². The lowest BCUT2D eigenvalue weighted by Crippen LogP contribution is -1.53. The zero-order chi connectivity index (χ0) is 4.83. The molecule has 0 saturated carbocycles. The monoisotopic (exact) mass is 101 g/mol. The first-order valence-corrected chi connectivity index (χ1v) is 2.06. The smallest absolute Gasteiger partial charge is 0.0909 e. The molecular formula is C4H4ClN. The summed E-state index contributed by atoms with van der Waals surface area (Å²) in [5.41, 5.74) is 0. The highest BCUT2D eigenvalue weighted by Crippen LogP contribution is 1.73. The number of nitrogens with zero attached hydrogens (tertiary/aromatic N) is 1. The minimum absolute atomic E-state index is 0.424. The number of hydrogen-bond acceptors (Lipinski definition) is 1. The quantitative estimate of drug-likeness (QED) is 0.361. The summed E-state index contributed by atoms with van der Waals surface area (Å²) in [4.78, 5) is 0. The first-order chi connectivity index (χ1) is 2.91. The molecule has 6 heavy (non-hydrogen) atoms. The van der Waals surface area contributed by atoms with Gasteiger partial charge in [0.15, 0.2) is 0 Å². The molecule has 0 saturated heterocycles. The SMILES string of the molecule is N#C/C=C\CCl. The van der Waals surface area contributed by atoms with Gasteiger partial charge in [0.25, 0.3) is 0 Å². The molecule has 0 heterocycles. The highest BCUT2D eigenvalue weighted by atomic mass is 35.5. The fraction of sp³-hybridized carbons (Fsp3) is 0.250. The van der Waals surface area contributed by atoms with E-state index < -0.39 is 0 Å². The van der Waals surface area contributed by atoms with Crippen LogP contribution in [0.4, 0.5) is 0 Å². The minimum atomic E-state index is 0.424. The van der Waals surface area contributed by atoms with Crippen LogP contribution in [0.2, 0.25) is 0 Å². The molecule has 32 valence electrons. The van der Waals surface area contributed by atoms with Crippen molar-refractivity contribution in [2.45, 2.75) is 0 Å². The Morgan fingerprint density at radius 2 is 2.50 bits per heavy atom. The van der Waals surface area contributed by atoms with Gasteiger partial charge in [-0.2, -0.15) is 5.26 Å². The van der Waals surface area contributed by atoms with E-state index in [9.17, 15) is 0 Å². The molecule has 0 amide bonds. The van der Waals surface area contributed by atoms with E-state index in [-0.39, 0.29) is 0 Å². The van der Waals surface area contributed by atoms with Crippen LogP contribution in [0.3, 0.4) is 0 Å². The van der Waals surface area contributed by atoms with Gasteiger partial charge in [-0.25, -0.2) is 0 Å². The van der Waals surface area contributed by atoms with E-state index in [1.54, 1.807) is 12.1 Å². The molecule has 0 aliphatic heterocycles. The molecule has 0 unspecified atom stereocenters. The second-order valence-electron chi connectivity index (χ2n) is 0.686. The topological polar surface area (TPSA) is 23.8 Å². The lowest BCUT2D eigenvalue weighted by molar-refractivity contribution is 1.53. The summed E-state index contributed by atoms with van der Waals surface area (Å²) in [5, 5.41) is 7.80. The Morgan fingerprint density at radius 1 is 1.83 bits per heavy atom. The Labute approximate surface area is 41.8 Å². The number of halogens is 1. The van der Waals surface area contributed by atoms with Gasteiger partial charge in [-0.3, -0.25) is 0 Å². The van der Waals surface area contributed by atoms with Gasteiger partial charge in [-0.1, -0.05) is 6.08 Å². The van der Waals surface area contributed by atoms with Crippen LogP contribution in [0.25, 0.3) is 0 Å². The lowest BCUT2D eigenvalue weighted by Gasteiger charge is -1.61. The fourth-order valence-electron chi connectivity index (χ4n) is 0.0972. The first-order valence-electron chi connectivity index (χ1n) is 1.52. The number of rotatable bonds is 1. The molecule has 0 aliphatic rings. The summed E-state index contributed by atoms with van der Waals surface area (Å²) in [5.74, 6) is 0.424.